The zero-order valence-corrected chi connectivity index (χ0v) is 18.3. The van der Waals surface area contributed by atoms with Crippen molar-refractivity contribution in [2.75, 3.05) is 6.61 Å². The number of carboxylic acids is 1. The maximum absolute atomic E-state index is 11.4. The minimum atomic E-state index is -1.52. The zero-order valence-electron chi connectivity index (χ0n) is 18.3. The predicted octanol–water partition coefficient (Wildman–Crippen LogP) is 2.95. The van der Waals surface area contributed by atoms with E-state index >= 15 is 0 Å². The van der Waals surface area contributed by atoms with Crippen molar-refractivity contribution >= 4 is 11.8 Å². The number of aliphatic hydroxyl groups is 3. The highest BCUT2D eigenvalue weighted by Crippen LogP contribution is 2.12. The molecule has 7 heteroatoms. The summed E-state index contributed by atoms with van der Waals surface area (Å²) in [4.78, 5) is 21.0. The van der Waals surface area contributed by atoms with Gasteiger partial charge in [0.05, 0.1) is 6.61 Å². The average molecular weight is 418 g/mol. The summed E-state index contributed by atoms with van der Waals surface area (Å²) in [6.45, 7) is 3.05. The van der Waals surface area contributed by atoms with Gasteiger partial charge in [-0.25, -0.2) is 0 Å². The molecule has 0 spiro atoms. The number of rotatable bonds is 17. The van der Waals surface area contributed by atoms with Crippen LogP contribution in [0.5, 0.6) is 0 Å². The van der Waals surface area contributed by atoms with Crippen molar-refractivity contribution in [3.8, 4) is 0 Å². The molecule has 0 rings (SSSR count). The molecule has 0 aromatic heterocycles. The van der Waals surface area contributed by atoms with Gasteiger partial charge in [-0.15, -0.1) is 0 Å². The number of carbonyl (C=O) groups excluding carboxylic acids is 1. The van der Waals surface area contributed by atoms with Crippen LogP contribution >= 0.6 is 0 Å². The Balaban J connectivity index is 0. The SMILES string of the molecule is CCCCCCCCCCCCCC=CC(=O)C(O)C(O)CO.C[C@H](N)C(=O)O. The Bertz CT molecular complexity index is 426. The fourth-order valence-electron chi connectivity index (χ4n) is 2.51. The van der Waals surface area contributed by atoms with E-state index in [0.29, 0.717) is 0 Å². The number of aliphatic hydroxyl groups excluding tert-OH is 3. The summed E-state index contributed by atoms with van der Waals surface area (Å²) >= 11 is 0. The molecule has 0 amide bonds. The molecular weight excluding hydrogens is 374 g/mol. The summed E-state index contributed by atoms with van der Waals surface area (Å²) in [7, 11) is 0. The van der Waals surface area contributed by atoms with Crippen LogP contribution in [-0.2, 0) is 9.59 Å². The maximum Gasteiger partial charge on any atom is 0.320 e. The van der Waals surface area contributed by atoms with Crippen molar-refractivity contribution in [2.24, 2.45) is 5.73 Å². The maximum atomic E-state index is 11.4. The molecule has 0 radical (unpaired) electrons. The minimum Gasteiger partial charge on any atom is -0.480 e. The van der Waals surface area contributed by atoms with Crippen LogP contribution in [-0.4, -0.2) is 57.0 Å². The van der Waals surface area contributed by atoms with Gasteiger partial charge in [0, 0.05) is 0 Å². The highest BCUT2D eigenvalue weighted by Gasteiger charge is 2.20. The molecule has 6 N–H and O–H groups in total. The van der Waals surface area contributed by atoms with Gasteiger partial charge in [0.15, 0.2) is 5.78 Å². The number of unbranched alkanes of at least 4 members (excludes halogenated alkanes) is 11. The lowest BCUT2D eigenvalue weighted by molar-refractivity contribution is -0.138. The van der Waals surface area contributed by atoms with Gasteiger partial charge in [-0.2, -0.15) is 0 Å². The summed E-state index contributed by atoms with van der Waals surface area (Å²) < 4.78 is 0. The summed E-state index contributed by atoms with van der Waals surface area (Å²) in [5, 5.41) is 35.0. The summed E-state index contributed by atoms with van der Waals surface area (Å²) in [6, 6.07) is -0.731. The highest BCUT2D eigenvalue weighted by atomic mass is 16.4. The molecule has 0 bridgehead atoms. The lowest BCUT2D eigenvalue weighted by atomic mass is 10.0. The van der Waals surface area contributed by atoms with Crippen LogP contribution in [0.15, 0.2) is 12.2 Å². The molecule has 0 aromatic rings. The number of ketones is 1. The molecule has 3 atom stereocenters. The van der Waals surface area contributed by atoms with Crippen LogP contribution in [0.3, 0.4) is 0 Å². The van der Waals surface area contributed by atoms with Gasteiger partial charge >= 0.3 is 5.97 Å². The molecule has 0 aromatic carbocycles. The van der Waals surface area contributed by atoms with Gasteiger partial charge in [-0.3, -0.25) is 9.59 Å². The van der Waals surface area contributed by atoms with Gasteiger partial charge in [0.25, 0.3) is 0 Å². The molecule has 0 aliphatic heterocycles. The normalized spacial score (nSPS) is 14.1. The Morgan fingerprint density at radius 2 is 1.31 bits per heavy atom. The van der Waals surface area contributed by atoms with E-state index in [4.69, 9.17) is 21.1 Å². The predicted molar refractivity (Wildman–Crippen MR) is 116 cm³/mol. The van der Waals surface area contributed by atoms with Crippen LogP contribution < -0.4 is 5.73 Å². The molecule has 2 unspecified atom stereocenters. The summed E-state index contributed by atoms with van der Waals surface area (Å²) in [6.07, 6.45) is 15.1. The standard InChI is InChI=1S/C19H36O4.C3H7NO2/c1-2-3-4-5-6-7-8-9-10-11-12-13-14-15-17(21)19(23)18(22)16-20;1-2(4)3(5)6/h14-15,18-20,22-23H,2-13,16H2,1H3;2H,4H2,1H3,(H,5,6)/t;2-/m.0/s1. The second-order valence-electron chi connectivity index (χ2n) is 7.45. The zero-order chi connectivity index (χ0) is 22.5. The summed E-state index contributed by atoms with van der Waals surface area (Å²) in [5.74, 6) is -1.51. The fourth-order valence-corrected chi connectivity index (χ4v) is 2.51. The smallest absolute Gasteiger partial charge is 0.320 e. The Labute approximate surface area is 176 Å². The van der Waals surface area contributed by atoms with Crippen LogP contribution in [0.1, 0.15) is 90.9 Å². The van der Waals surface area contributed by atoms with E-state index in [1.165, 1.54) is 70.8 Å². The lowest BCUT2D eigenvalue weighted by Gasteiger charge is -2.11. The van der Waals surface area contributed by atoms with E-state index in [1.54, 1.807) is 6.08 Å². The highest BCUT2D eigenvalue weighted by molar-refractivity contribution is 5.93. The Kier molecular flexibility index (Phi) is 22.1. The second-order valence-corrected chi connectivity index (χ2v) is 7.45. The molecule has 0 fully saturated rings. The first kappa shape index (κ1) is 29.9. The van der Waals surface area contributed by atoms with Gasteiger partial charge in [-0.05, 0) is 25.8 Å². The van der Waals surface area contributed by atoms with Crippen molar-refractivity contribution in [3.05, 3.63) is 12.2 Å². The first-order valence-corrected chi connectivity index (χ1v) is 10.9. The molecule has 0 heterocycles. The fraction of sp³-hybridized carbons (Fsp3) is 0.818. The molecule has 0 saturated heterocycles. The number of allylic oxidation sites excluding steroid dienone is 1. The van der Waals surface area contributed by atoms with Crippen LogP contribution in [0, 0.1) is 0 Å². The number of carboxylic acid groups (broad SMARTS) is 1. The third kappa shape index (κ3) is 21.2. The van der Waals surface area contributed by atoms with Gasteiger partial charge < -0.3 is 26.2 Å². The quantitative estimate of drug-likeness (QED) is 0.181. The molecule has 0 aliphatic rings. The van der Waals surface area contributed by atoms with Gasteiger partial charge in [-0.1, -0.05) is 77.2 Å². The third-order valence-corrected chi connectivity index (χ3v) is 4.49. The molecule has 0 aliphatic carbocycles. The third-order valence-electron chi connectivity index (χ3n) is 4.49. The molecule has 172 valence electrons. The monoisotopic (exact) mass is 417 g/mol. The first-order valence-electron chi connectivity index (χ1n) is 10.9. The Morgan fingerprint density at radius 1 is 0.897 bits per heavy atom. The van der Waals surface area contributed by atoms with E-state index in [2.05, 4.69) is 6.92 Å². The van der Waals surface area contributed by atoms with Gasteiger partial charge in [0.2, 0.25) is 0 Å². The molecule has 0 saturated carbocycles. The Morgan fingerprint density at radius 3 is 1.69 bits per heavy atom. The van der Waals surface area contributed by atoms with Crippen LogP contribution in [0.25, 0.3) is 0 Å². The van der Waals surface area contributed by atoms with Gasteiger partial charge in [0.1, 0.15) is 18.2 Å². The lowest BCUT2D eigenvalue weighted by Crippen LogP contribution is -2.35. The number of hydrogen-bond donors (Lipinski definition) is 5. The van der Waals surface area contributed by atoms with E-state index in [1.807, 2.05) is 0 Å². The van der Waals surface area contributed by atoms with E-state index < -0.39 is 36.6 Å². The van der Waals surface area contributed by atoms with Crippen molar-refractivity contribution in [1.29, 1.82) is 0 Å². The van der Waals surface area contributed by atoms with E-state index in [-0.39, 0.29) is 0 Å². The minimum absolute atomic E-state index is 0.547. The Hall–Kier alpha value is -1.28. The van der Waals surface area contributed by atoms with E-state index in [0.717, 1.165) is 19.3 Å². The molecule has 7 nitrogen and oxygen atoms in total. The van der Waals surface area contributed by atoms with Crippen LogP contribution in [0.4, 0.5) is 0 Å². The van der Waals surface area contributed by atoms with Crippen molar-refractivity contribution in [1.82, 2.24) is 0 Å². The number of aliphatic carboxylic acids is 1. The van der Waals surface area contributed by atoms with Crippen molar-refractivity contribution in [3.63, 3.8) is 0 Å². The molecular formula is C22H43NO6. The van der Waals surface area contributed by atoms with Crippen molar-refractivity contribution in [2.45, 2.75) is 109 Å². The largest absolute Gasteiger partial charge is 0.480 e. The van der Waals surface area contributed by atoms with E-state index in [9.17, 15) is 14.7 Å². The summed E-state index contributed by atoms with van der Waals surface area (Å²) in [5.41, 5.74) is 4.84. The van der Waals surface area contributed by atoms with Crippen LogP contribution in [0.2, 0.25) is 0 Å². The number of carbonyl (C=O) groups is 2. The first-order chi connectivity index (χ1) is 13.8. The topological polar surface area (TPSA) is 141 Å². The molecule has 29 heavy (non-hydrogen) atoms. The average Bonchev–Trinajstić information content (AvgIpc) is 2.70. The number of hydrogen-bond acceptors (Lipinski definition) is 6. The van der Waals surface area contributed by atoms with Crippen molar-refractivity contribution < 1.29 is 30.0 Å². The number of nitrogens with two attached hydrogens (primary N) is 1. The second kappa shape index (κ2) is 21.4.